The topological polar surface area (TPSA) is 137 Å². The van der Waals surface area contributed by atoms with E-state index >= 15 is 0 Å². The molecular weight excluding hydrogens is 231 g/mol. The van der Waals surface area contributed by atoms with Gasteiger partial charge in [-0.3, -0.25) is 9.05 Å². The molecule has 0 aromatic heterocycles. The normalized spacial score (nSPS) is 19.5. The fraction of sp³-hybridized carbons (Fsp3) is 1.00. The molecule has 0 bridgehead atoms. The van der Waals surface area contributed by atoms with E-state index in [9.17, 15) is 4.57 Å². The van der Waals surface area contributed by atoms with Crippen LogP contribution < -0.4 is 0 Å². The molecule has 0 saturated heterocycles. The molecular formula is C6H15O8P. The van der Waals surface area contributed by atoms with Gasteiger partial charge >= 0.3 is 7.82 Å². The zero-order chi connectivity index (χ0) is 11.9. The van der Waals surface area contributed by atoms with E-state index in [0.29, 0.717) is 0 Å². The summed E-state index contributed by atoms with van der Waals surface area (Å²) in [5.41, 5.74) is 0. The fourth-order valence-corrected chi connectivity index (χ4v) is 1.30. The maximum atomic E-state index is 11.0. The van der Waals surface area contributed by atoms with Crippen LogP contribution in [-0.2, 0) is 13.6 Å². The number of phosphoric ester groups is 1. The highest BCUT2D eigenvalue weighted by molar-refractivity contribution is 7.47. The maximum absolute atomic E-state index is 11.0. The molecule has 9 heteroatoms. The van der Waals surface area contributed by atoms with Gasteiger partial charge in [-0.1, -0.05) is 0 Å². The van der Waals surface area contributed by atoms with E-state index in [1.807, 2.05) is 0 Å². The predicted molar refractivity (Wildman–Crippen MR) is 47.9 cm³/mol. The highest BCUT2D eigenvalue weighted by Crippen LogP contribution is 2.43. The molecule has 3 atom stereocenters. The largest absolute Gasteiger partial charge is 0.472 e. The number of hydrogen-bond donors (Lipinski definition) is 5. The Kier molecular flexibility index (Phi) is 7.24. The van der Waals surface area contributed by atoms with Crippen LogP contribution in [0.15, 0.2) is 0 Å². The van der Waals surface area contributed by atoms with Gasteiger partial charge in [0, 0.05) is 0 Å². The smallest absolute Gasteiger partial charge is 0.394 e. The second-order valence-corrected chi connectivity index (χ2v) is 4.19. The molecule has 0 radical (unpaired) electrons. The van der Waals surface area contributed by atoms with E-state index in [0.717, 1.165) is 0 Å². The highest BCUT2D eigenvalue weighted by atomic mass is 31.2. The average molecular weight is 246 g/mol. The van der Waals surface area contributed by atoms with Gasteiger partial charge in [0.25, 0.3) is 0 Å². The van der Waals surface area contributed by atoms with Crippen LogP contribution in [0.25, 0.3) is 0 Å². The first kappa shape index (κ1) is 14.9. The van der Waals surface area contributed by atoms with Crippen LogP contribution >= 0.6 is 7.82 Å². The third kappa shape index (κ3) is 7.83. The molecule has 0 aliphatic carbocycles. The summed E-state index contributed by atoms with van der Waals surface area (Å²) in [6, 6.07) is 0. The van der Waals surface area contributed by atoms with Gasteiger partial charge in [-0.25, -0.2) is 4.57 Å². The van der Waals surface area contributed by atoms with E-state index in [1.165, 1.54) is 0 Å². The Hall–Kier alpha value is -0.0500. The molecule has 8 nitrogen and oxygen atoms in total. The minimum absolute atomic E-state index is 0.570. The molecule has 15 heavy (non-hydrogen) atoms. The van der Waals surface area contributed by atoms with Crippen LogP contribution in [0.2, 0.25) is 0 Å². The lowest BCUT2D eigenvalue weighted by Crippen LogP contribution is -2.21. The summed E-state index contributed by atoms with van der Waals surface area (Å²) < 4.78 is 19.5. The Bertz CT molecular complexity index is 191. The van der Waals surface area contributed by atoms with Gasteiger partial charge < -0.3 is 25.3 Å². The Balaban J connectivity index is 3.81. The van der Waals surface area contributed by atoms with Crippen molar-refractivity contribution in [2.45, 2.75) is 12.2 Å². The number of aliphatic hydroxyl groups is 4. The third-order valence-electron chi connectivity index (χ3n) is 1.28. The Morgan fingerprint density at radius 3 is 1.60 bits per heavy atom. The third-order valence-corrected chi connectivity index (χ3v) is 2.23. The van der Waals surface area contributed by atoms with Crippen LogP contribution in [0.4, 0.5) is 0 Å². The summed E-state index contributed by atoms with van der Waals surface area (Å²) in [4.78, 5) is 8.93. The van der Waals surface area contributed by atoms with E-state index < -0.39 is 46.5 Å². The molecule has 2 unspecified atom stereocenters. The lowest BCUT2D eigenvalue weighted by atomic mass is 10.4. The molecule has 0 aliphatic rings. The summed E-state index contributed by atoms with van der Waals surface area (Å²) in [5, 5.41) is 34.3. The number of rotatable bonds is 8. The second kappa shape index (κ2) is 7.26. The molecule has 0 spiro atoms. The molecule has 0 heterocycles. The lowest BCUT2D eigenvalue weighted by molar-refractivity contribution is 0.0160. The van der Waals surface area contributed by atoms with Crippen LogP contribution in [0.1, 0.15) is 0 Å². The van der Waals surface area contributed by atoms with Crippen LogP contribution in [0.5, 0.6) is 0 Å². The van der Waals surface area contributed by atoms with E-state index in [2.05, 4.69) is 9.05 Å². The maximum Gasteiger partial charge on any atom is 0.472 e. The van der Waals surface area contributed by atoms with Crippen molar-refractivity contribution in [3.63, 3.8) is 0 Å². The SMILES string of the molecule is O=P(O)(OCC(O)CO)OC[C@H](O)CO. The molecule has 0 saturated carbocycles. The molecule has 0 fully saturated rings. The van der Waals surface area contributed by atoms with Gasteiger partial charge in [0.15, 0.2) is 0 Å². The quantitative estimate of drug-likeness (QED) is 0.305. The summed E-state index contributed by atoms with van der Waals surface area (Å²) in [5.74, 6) is 0. The molecule has 0 aromatic carbocycles. The molecule has 0 aromatic rings. The van der Waals surface area contributed by atoms with Crippen LogP contribution in [0, 0.1) is 0 Å². The van der Waals surface area contributed by atoms with Crippen molar-refractivity contribution in [3.8, 4) is 0 Å². The van der Waals surface area contributed by atoms with Crippen molar-refractivity contribution in [2.75, 3.05) is 26.4 Å². The Labute approximate surface area is 86.3 Å². The molecule has 0 aliphatic heterocycles. The Morgan fingerprint density at radius 2 is 1.33 bits per heavy atom. The van der Waals surface area contributed by atoms with E-state index in [1.54, 1.807) is 0 Å². The molecule has 92 valence electrons. The van der Waals surface area contributed by atoms with Crippen molar-refractivity contribution >= 4 is 7.82 Å². The second-order valence-electron chi connectivity index (χ2n) is 2.73. The molecule has 5 N–H and O–H groups in total. The molecule has 0 rings (SSSR count). The van der Waals surface area contributed by atoms with Gasteiger partial charge in [0.2, 0.25) is 0 Å². The van der Waals surface area contributed by atoms with Gasteiger partial charge in [-0.2, -0.15) is 0 Å². The van der Waals surface area contributed by atoms with E-state index in [-0.39, 0.29) is 0 Å². The highest BCUT2D eigenvalue weighted by Gasteiger charge is 2.23. The zero-order valence-corrected chi connectivity index (χ0v) is 8.79. The van der Waals surface area contributed by atoms with Crippen molar-refractivity contribution in [1.82, 2.24) is 0 Å². The van der Waals surface area contributed by atoms with Crippen LogP contribution in [-0.4, -0.2) is 64.0 Å². The standard InChI is InChI=1S/C6H15O8P/c7-1-5(9)3-13-15(11,12)14-4-6(10)2-8/h5-10H,1-4H2,(H,11,12)/t5-,6?/m1/s1. The minimum atomic E-state index is -4.37. The first-order valence-electron chi connectivity index (χ1n) is 4.11. The first-order chi connectivity index (χ1) is 6.91. The summed E-state index contributed by atoms with van der Waals surface area (Å²) in [7, 11) is -4.37. The van der Waals surface area contributed by atoms with E-state index in [4.69, 9.17) is 25.3 Å². The first-order valence-corrected chi connectivity index (χ1v) is 5.60. The number of aliphatic hydroxyl groups excluding tert-OH is 4. The molecule has 0 amide bonds. The van der Waals surface area contributed by atoms with Gasteiger partial charge in [0.1, 0.15) is 12.2 Å². The van der Waals surface area contributed by atoms with Crippen molar-refractivity contribution < 1.29 is 38.9 Å². The van der Waals surface area contributed by atoms with Crippen molar-refractivity contribution in [3.05, 3.63) is 0 Å². The summed E-state index contributed by atoms with van der Waals surface area (Å²) >= 11 is 0. The predicted octanol–water partition coefficient (Wildman–Crippen LogP) is -2.17. The number of hydrogen-bond acceptors (Lipinski definition) is 7. The zero-order valence-electron chi connectivity index (χ0n) is 7.89. The number of phosphoric acid groups is 1. The Morgan fingerprint density at radius 1 is 1.00 bits per heavy atom. The lowest BCUT2D eigenvalue weighted by Gasteiger charge is -2.15. The minimum Gasteiger partial charge on any atom is -0.394 e. The summed E-state index contributed by atoms with van der Waals surface area (Å²) in [6.07, 6.45) is -2.56. The van der Waals surface area contributed by atoms with Crippen molar-refractivity contribution in [1.29, 1.82) is 0 Å². The van der Waals surface area contributed by atoms with Gasteiger partial charge in [0.05, 0.1) is 26.4 Å². The average Bonchev–Trinajstić information content (AvgIpc) is 2.22. The fourth-order valence-electron chi connectivity index (χ4n) is 0.503. The van der Waals surface area contributed by atoms with Crippen molar-refractivity contribution in [2.24, 2.45) is 0 Å². The monoisotopic (exact) mass is 246 g/mol. The van der Waals surface area contributed by atoms with Gasteiger partial charge in [-0.05, 0) is 0 Å². The van der Waals surface area contributed by atoms with Crippen LogP contribution in [0.3, 0.4) is 0 Å². The summed E-state index contributed by atoms with van der Waals surface area (Å²) in [6.45, 7) is -2.36. The van der Waals surface area contributed by atoms with Gasteiger partial charge in [-0.15, -0.1) is 0 Å².